The van der Waals surface area contributed by atoms with Gasteiger partial charge in [-0.2, -0.15) is 0 Å². The van der Waals surface area contributed by atoms with Gasteiger partial charge in [0.25, 0.3) is 0 Å². The van der Waals surface area contributed by atoms with E-state index in [1.54, 1.807) is 6.92 Å². The molecule has 0 bridgehead atoms. The third-order valence-corrected chi connectivity index (χ3v) is 6.00. The molecule has 0 atom stereocenters. The number of nitrogens with one attached hydrogen (secondary N) is 1. The van der Waals surface area contributed by atoms with Crippen LogP contribution >= 0.6 is 0 Å². The fourth-order valence-electron chi connectivity index (χ4n) is 3.97. The van der Waals surface area contributed by atoms with Crippen molar-refractivity contribution in [1.29, 1.82) is 0 Å². The SMILES string of the molecule is C=C(C)C(=O)NCCCCCc1nc2ccccc2n1CCCOc1ccc(C(C)(C)C)cc1. The molecule has 0 fully saturated rings. The summed E-state index contributed by atoms with van der Waals surface area (Å²) in [5.41, 5.74) is 4.24. The molecule has 34 heavy (non-hydrogen) atoms. The maximum Gasteiger partial charge on any atom is 0.246 e. The van der Waals surface area contributed by atoms with Gasteiger partial charge >= 0.3 is 0 Å². The summed E-state index contributed by atoms with van der Waals surface area (Å²) >= 11 is 0. The van der Waals surface area contributed by atoms with Gasteiger partial charge < -0.3 is 14.6 Å². The van der Waals surface area contributed by atoms with Crippen molar-refractivity contribution in [3.63, 3.8) is 0 Å². The Hall–Kier alpha value is -3.08. The maximum absolute atomic E-state index is 11.6. The third-order valence-electron chi connectivity index (χ3n) is 6.00. The van der Waals surface area contributed by atoms with Gasteiger partial charge in [0.15, 0.2) is 0 Å². The lowest BCUT2D eigenvalue weighted by atomic mass is 9.87. The lowest BCUT2D eigenvalue weighted by molar-refractivity contribution is -0.117. The number of nitrogens with zero attached hydrogens (tertiary/aromatic N) is 2. The average molecular weight is 462 g/mol. The number of ether oxygens (including phenoxy) is 1. The smallest absolute Gasteiger partial charge is 0.246 e. The first-order valence-electron chi connectivity index (χ1n) is 12.4. The Morgan fingerprint density at radius 2 is 1.76 bits per heavy atom. The summed E-state index contributed by atoms with van der Waals surface area (Å²) in [5, 5.41) is 2.90. The highest BCUT2D eigenvalue weighted by atomic mass is 16.5. The van der Waals surface area contributed by atoms with Crippen LogP contribution < -0.4 is 10.1 Å². The number of unbranched alkanes of at least 4 members (excludes halogenated alkanes) is 2. The third kappa shape index (κ3) is 7.21. The Labute approximate surface area is 204 Å². The van der Waals surface area contributed by atoms with E-state index in [0.29, 0.717) is 18.7 Å². The second kappa shape index (κ2) is 11.9. The van der Waals surface area contributed by atoms with Crippen molar-refractivity contribution in [2.45, 2.75) is 71.8 Å². The molecule has 0 spiro atoms. The number of carbonyl (C=O) groups excluding carboxylic acids is 1. The molecular weight excluding hydrogens is 422 g/mol. The summed E-state index contributed by atoms with van der Waals surface area (Å²) < 4.78 is 8.35. The van der Waals surface area contributed by atoms with Crippen molar-refractivity contribution in [3.8, 4) is 5.75 Å². The van der Waals surface area contributed by atoms with Crippen LogP contribution in [0.4, 0.5) is 0 Å². The van der Waals surface area contributed by atoms with Crippen molar-refractivity contribution >= 4 is 16.9 Å². The van der Waals surface area contributed by atoms with Crippen molar-refractivity contribution < 1.29 is 9.53 Å². The molecule has 0 aliphatic rings. The molecule has 0 radical (unpaired) electrons. The van der Waals surface area contributed by atoms with Gasteiger partial charge in [0.2, 0.25) is 5.91 Å². The van der Waals surface area contributed by atoms with E-state index < -0.39 is 0 Å². The summed E-state index contributed by atoms with van der Waals surface area (Å²) in [6.07, 6.45) is 4.90. The Kier molecular flexibility index (Phi) is 8.91. The van der Waals surface area contributed by atoms with Crippen LogP contribution in [0.2, 0.25) is 0 Å². The quantitative estimate of drug-likeness (QED) is 0.258. The molecule has 3 rings (SSSR count). The molecule has 5 heteroatoms. The van der Waals surface area contributed by atoms with Crippen LogP contribution in [0.25, 0.3) is 11.0 Å². The summed E-state index contributed by atoms with van der Waals surface area (Å²) in [4.78, 5) is 16.5. The number of carbonyl (C=O) groups is 1. The summed E-state index contributed by atoms with van der Waals surface area (Å²) in [6.45, 7) is 14.3. The molecule has 0 aliphatic heterocycles. The second-order valence-corrected chi connectivity index (χ2v) is 9.99. The number of aryl methyl sites for hydroxylation is 2. The zero-order valence-corrected chi connectivity index (χ0v) is 21.2. The molecule has 1 N–H and O–H groups in total. The number of imidazole rings is 1. The summed E-state index contributed by atoms with van der Waals surface area (Å²) in [7, 11) is 0. The Morgan fingerprint density at radius 1 is 1.03 bits per heavy atom. The standard InChI is InChI=1S/C29H39N3O2/c1-22(2)28(33)30-19-10-6-7-14-27-31-25-12-8-9-13-26(25)32(27)20-11-21-34-24-17-15-23(16-18-24)29(3,4)5/h8-9,12-13,15-18H,1,6-7,10-11,14,19-21H2,2-5H3,(H,30,33). The molecule has 1 aromatic heterocycles. The van der Waals surface area contributed by atoms with Gasteiger partial charge in [-0.15, -0.1) is 0 Å². The van der Waals surface area contributed by atoms with Crippen LogP contribution in [0.5, 0.6) is 5.75 Å². The molecule has 182 valence electrons. The van der Waals surface area contributed by atoms with E-state index in [1.807, 2.05) is 6.07 Å². The van der Waals surface area contributed by atoms with E-state index >= 15 is 0 Å². The molecule has 0 saturated heterocycles. The van der Waals surface area contributed by atoms with E-state index in [4.69, 9.17) is 9.72 Å². The predicted molar refractivity (Wildman–Crippen MR) is 140 cm³/mol. The minimum Gasteiger partial charge on any atom is -0.494 e. The number of hydrogen-bond acceptors (Lipinski definition) is 3. The first-order valence-corrected chi connectivity index (χ1v) is 12.4. The molecule has 2 aromatic carbocycles. The van der Waals surface area contributed by atoms with Crippen molar-refractivity contribution in [2.75, 3.05) is 13.2 Å². The number of aromatic nitrogens is 2. The molecule has 0 saturated carbocycles. The largest absolute Gasteiger partial charge is 0.494 e. The molecule has 0 unspecified atom stereocenters. The molecule has 0 aliphatic carbocycles. The zero-order chi connectivity index (χ0) is 24.6. The number of benzene rings is 2. The minimum absolute atomic E-state index is 0.0610. The first-order chi connectivity index (χ1) is 16.3. The van der Waals surface area contributed by atoms with E-state index in [2.05, 4.69) is 79.7 Å². The highest BCUT2D eigenvalue weighted by Gasteiger charge is 2.13. The van der Waals surface area contributed by atoms with Gasteiger partial charge in [0.05, 0.1) is 17.6 Å². The van der Waals surface area contributed by atoms with E-state index in [1.165, 1.54) is 11.1 Å². The number of amides is 1. The lowest BCUT2D eigenvalue weighted by Crippen LogP contribution is -2.24. The zero-order valence-electron chi connectivity index (χ0n) is 21.2. The van der Waals surface area contributed by atoms with Crippen molar-refractivity contribution in [2.24, 2.45) is 0 Å². The number of fused-ring (bicyclic) bond motifs is 1. The Bertz CT molecular complexity index is 1090. The topological polar surface area (TPSA) is 56.2 Å². The molecule has 3 aromatic rings. The van der Waals surface area contributed by atoms with Gasteiger partial charge in [0.1, 0.15) is 11.6 Å². The van der Waals surface area contributed by atoms with Crippen LogP contribution in [-0.2, 0) is 23.2 Å². The van der Waals surface area contributed by atoms with Gasteiger partial charge in [-0.05, 0) is 61.4 Å². The fourth-order valence-corrected chi connectivity index (χ4v) is 3.97. The maximum atomic E-state index is 11.6. The number of hydrogen-bond donors (Lipinski definition) is 1. The summed E-state index contributed by atoms with van der Waals surface area (Å²) in [5.74, 6) is 1.98. The van der Waals surface area contributed by atoms with Crippen molar-refractivity contribution in [3.05, 3.63) is 72.1 Å². The van der Waals surface area contributed by atoms with Gasteiger partial charge in [-0.25, -0.2) is 4.98 Å². The Balaban J connectivity index is 1.50. The minimum atomic E-state index is -0.0610. The fraction of sp³-hybridized carbons (Fsp3) is 0.448. The van der Waals surface area contributed by atoms with E-state index in [0.717, 1.165) is 55.7 Å². The molecule has 1 amide bonds. The van der Waals surface area contributed by atoms with E-state index in [9.17, 15) is 4.79 Å². The van der Waals surface area contributed by atoms with Crippen LogP contribution in [0.15, 0.2) is 60.7 Å². The highest BCUT2D eigenvalue weighted by Crippen LogP contribution is 2.24. The molecule has 1 heterocycles. The van der Waals surface area contributed by atoms with Crippen molar-refractivity contribution in [1.82, 2.24) is 14.9 Å². The van der Waals surface area contributed by atoms with Crippen LogP contribution in [0, 0.1) is 0 Å². The van der Waals surface area contributed by atoms with Crippen LogP contribution in [0.3, 0.4) is 0 Å². The monoisotopic (exact) mass is 461 g/mol. The Morgan fingerprint density at radius 3 is 2.47 bits per heavy atom. The molecular formula is C29H39N3O2. The number of rotatable bonds is 12. The molecule has 5 nitrogen and oxygen atoms in total. The van der Waals surface area contributed by atoms with Gasteiger partial charge in [0, 0.05) is 25.1 Å². The van der Waals surface area contributed by atoms with Crippen LogP contribution in [0.1, 0.15) is 64.8 Å². The number of para-hydroxylation sites is 2. The average Bonchev–Trinajstić information content (AvgIpc) is 3.15. The van der Waals surface area contributed by atoms with Gasteiger partial charge in [-0.1, -0.05) is 58.0 Å². The summed E-state index contributed by atoms with van der Waals surface area (Å²) in [6, 6.07) is 16.8. The lowest BCUT2D eigenvalue weighted by Gasteiger charge is -2.19. The highest BCUT2D eigenvalue weighted by molar-refractivity contribution is 5.92. The predicted octanol–water partition coefficient (Wildman–Crippen LogP) is 6.21. The normalized spacial score (nSPS) is 11.5. The van der Waals surface area contributed by atoms with E-state index in [-0.39, 0.29) is 11.3 Å². The van der Waals surface area contributed by atoms with Crippen LogP contribution in [-0.4, -0.2) is 28.6 Å². The van der Waals surface area contributed by atoms with Gasteiger partial charge in [-0.3, -0.25) is 4.79 Å². The second-order valence-electron chi connectivity index (χ2n) is 9.99. The first kappa shape index (κ1) is 25.5.